The Labute approximate surface area is 200 Å². The van der Waals surface area contributed by atoms with E-state index in [9.17, 15) is 18.0 Å². The standard InChI is InChI=1S/C25H27F3N4O3/c1-13(2)14-3-7-20-17(9-14)24(12-34-23(29)32-24)18-10-16(5-8-21(18)35-20)31-22(33)19-6-4-15(11-30-19)25(26,27)28/h3-4,6-7,9,11,13,16,18,21H,5,8,10,12H2,1-2H3,(H2,29,32)(H,31,33)/t16?,18-,21-,24-/m1/s1. The molecule has 186 valence electrons. The lowest BCUT2D eigenvalue weighted by Gasteiger charge is -2.48. The molecule has 5 rings (SSSR count). The van der Waals surface area contributed by atoms with E-state index in [1.807, 2.05) is 6.07 Å². The van der Waals surface area contributed by atoms with Crippen molar-refractivity contribution in [2.24, 2.45) is 16.6 Å². The molecule has 1 aromatic heterocycles. The lowest BCUT2D eigenvalue weighted by Crippen LogP contribution is -2.54. The van der Waals surface area contributed by atoms with Gasteiger partial charge in [0.2, 0.25) is 0 Å². The van der Waals surface area contributed by atoms with Gasteiger partial charge in [-0.2, -0.15) is 13.2 Å². The van der Waals surface area contributed by atoms with Crippen LogP contribution in [0.5, 0.6) is 5.75 Å². The minimum atomic E-state index is -4.51. The lowest BCUT2D eigenvalue weighted by molar-refractivity contribution is -0.137. The Morgan fingerprint density at radius 2 is 2.03 bits per heavy atom. The molecule has 1 fully saturated rings. The molecule has 2 aromatic rings. The average Bonchev–Trinajstić information content (AvgIpc) is 3.21. The maximum absolute atomic E-state index is 12.8. The Balaban J connectivity index is 1.39. The number of nitrogens with zero attached hydrogens (tertiary/aromatic N) is 2. The quantitative estimate of drug-likeness (QED) is 0.677. The predicted octanol–water partition coefficient (Wildman–Crippen LogP) is 4.12. The van der Waals surface area contributed by atoms with Crippen molar-refractivity contribution < 1.29 is 27.4 Å². The van der Waals surface area contributed by atoms with Crippen LogP contribution in [0.3, 0.4) is 0 Å². The molecule has 10 heteroatoms. The highest BCUT2D eigenvalue weighted by molar-refractivity contribution is 5.92. The molecule has 1 unspecified atom stereocenters. The van der Waals surface area contributed by atoms with Crippen molar-refractivity contribution >= 4 is 11.9 Å². The second-order valence-corrected chi connectivity index (χ2v) is 9.75. The van der Waals surface area contributed by atoms with Gasteiger partial charge in [0.1, 0.15) is 29.7 Å². The second-order valence-electron chi connectivity index (χ2n) is 9.75. The van der Waals surface area contributed by atoms with Crippen LogP contribution in [0.25, 0.3) is 0 Å². The second kappa shape index (κ2) is 8.42. The first kappa shape index (κ1) is 23.4. The zero-order chi connectivity index (χ0) is 25.0. The summed E-state index contributed by atoms with van der Waals surface area (Å²) in [6.45, 7) is 4.52. The minimum Gasteiger partial charge on any atom is -0.490 e. The number of ether oxygens (including phenoxy) is 2. The van der Waals surface area contributed by atoms with Crippen molar-refractivity contribution in [3.63, 3.8) is 0 Å². The summed E-state index contributed by atoms with van der Waals surface area (Å²) in [5, 5.41) is 2.94. The van der Waals surface area contributed by atoms with Crippen LogP contribution in [0.15, 0.2) is 41.5 Å². The first-order valence-corrected chi connectivity index (χ1v) is 11.7. The number of carbonyl (C=O) groups excluding carboxylic acids is 1. The molecule has 3 N–H and O–H groups in total. The molecule has 4 atom stereocenters. The zero-order valence-corrected chi connectivity index (χ0v) is 19.4. The molecule has 0 bridgehead atoms. The molecule has 3 aliphatic rings. The molecule has 2 aliphatic heterocycles. The third-order valence-electron chi connectivity index (χ3n) is 7.22. The number of rotatable bonds is 3. The summed E-state index contributed by atoms with van der Waals surface area (Å²) in [5.41, 5.74) is 6.39. The van der Waals surface area contributed by atoms with Gasteiger partial charge < -0.3 is 20.5 Å². The summed E-state index contributed by atoms with van der Waals surface area (Å²) in [7, 11) is 0. The highest BCUT2D eigenvalue weighted by Crippen LogP contribution is 2.52. The number of amides is 1. The molecule has 35 heavy (non-hydrogen) atoms. The fraction of sp³-hybridized carbons (Fsp3) is 0.480. The van der Waals surface area contributed by atoms with Crippen molar-refractivity contribution in [2.75, 3.05) is 6.61 Å². The van der Waals surface area contributed by atoms with Gasteiger partial charge in [-0.05, 0) is 55.0 Å². The Morgan fingerprint density at radius 3 is 2.66 bits per heavy atom. The number of pyridine rings is 1. The number of carbonyl (C=O) groups is 1. The molecule has 0 radical (unpaired) electrons. The molecule has 1 spiro atoms. The molecular weight excluding hydrogens is 461 g/mol. The van der Waals surface area contributed by atoms with Gasteiger partial charge in [0.15, 0.2) is 0 Å². The van der Waals surface area contributed by atoms with Gasteiger partial charge >= 0.3 is 6.18 Å². The van der Waals surface area contributed by atoms with E-state index in [0.717, 1.165) is 29.0 Å². The smallest absolute Gasteiger partial charge is 0.417 e. The Bertz CT molecular complexity index is 1170. The van der Waals surface area contributed by atoms with Crippen molar-refractivity contribution in [1.29, 1.82) is 0 Å². The van der Waals surface area contributed by atoms with Gasteiger partial charge in [-0.3, -0.25) is 9.78 Å². The summed E-state index contributed by atoms with van der Waals surface area (Å²) < 4.78 is 50.5. The summed E-state index contributed by atoms with van der Waals surface area (Å²) in [5.74, 6) is 0.474. The van der Waals surface area contributed by atoms with E-state index in [1.165, 1.54) is 0 Å². The average molecular weight is 489 g/mol. The van der Waals surface area contributed by atoms with E-state index in [0.29, 0.717) is 38.0 Å². The fourth-order valence-electron chi connectivity index (χ4n) is 5.36. The van der Waals surface area contributed by atoms with Gasteiger partial charge in [0, 0.05) is 23.7 Å². The minimum absolute atomic E-state index is 0.0619. The van der Waals surface area contributed by atoms with E-state index in [2.05, 4.69) is 36.3 Å². The Hall–Kier alpha value is -3.30. The normalized spacial score (nSPS) is 27.5. The monoisotopic (exact) mass is 488 g/mol. The van der Waals surface area contributed by atoms with Gasteiger partial charge in [-0.25, -0.2) is 4.99 Å². The first-order valence-electron chi connectivity index (χ1n) is 11.7. The first-order chi connectivity index (χ1) is 16.6. The topological polar surface area (TPSA) is 98.8 Å². The highest BCUT2D eigenvalue weighted by atomic mass is 19.4. The molecule has 3 heterocycles. The van der Waals surface area contributed by atoms with E-state index >= 15 is 0 Å². The third-order valence-corrected chi connectivity index (χ3v) is 7.22. The number of amidine groups is 1. The predicted molar refractivity (Wildman–Crippen MR) is 122 cm³/mol. The number of nitrogens with one attached hydrogen (secondary N) is 1. The molecule has 1 saturated carbocycles. The number of hydrogen-bond acceptors (Lipinski definition) is 6. The summed E-state index contributed by atoms with van der Waals surface area (Å²) in [6, 6.07) is 8.01. The van der Waals surface area contributed by atoms with E-state index in [4.69, 9.17) is 20.2 Å². The summed E-state index contributed by atoms with van der Waals surface area (Å²) in [6.07, 6.45) is -2.06. The van der Waals surface area contributed by atoms with Crippen LogP contribution in [0.2, 0.25) is 0 Å². The van der Waals surface area contributed by atoms with Crippen molar-refractivity contribution in [1.82, 2.24) is 10.3 Å². The van der Waals surface area contributed by atoms with E-state index in [1.54, 1.807) is 0 Å². The fourth-order valence-corrected chi connectivity index (χ4v) is 5.36. The van der Waals surface area contributed by atoms with E-state index in [-0.39, 0.29) is 29.8 Å². The molecular formula is C25H27F3N4O3. The highest BCUT2D eigenvalue weighted by Gasteiger charge is 2.55. The molecule has 1 amide bonds. The number of aliphatic imine (C=N–C) groups is 1. The van der Waals surface area contributed by atoms with Crippen LogP contribution in [-0.2, 0) is 16.5 Å². The van der Waals surface area contributed by atoms with Gasteiger partial charge in [0.25, 0.3) is 11.9 Å². The van der Waals surface area contributed by atoms with Crippen LogP contribution in [0.4, 0.5) is 13.2 Å². The number of hydrogen-bond donors (Lipinski definition) is 2. The third kappa shape index (κ3) is 4.19. The number of aromatic nitrogens is 1. The van der Waals surface area contributed by atoms with Crippen LogP contribution >= 0.6 is 0 Å². The number of nitrogens with two attached hydrogens (primary N) is 1. The van der Waals surface area contributed by atoms with Crippen molar-refractivity contribution in [2.45, 2.75) is 62.9 Å². The summed E-state index contributed by atoms with van der Waals surface area (Å²) >= 11 is 0. The Morgan fingerprint density at radius 1 is 1.23 bits per heavy atom. The van der Waals surface area contributed by atoms with Gasteiger partial charge in [0.05, 0.1) is 5.56 Å². The van der Waals surface area contributed by atoms with Crippen LogP contribution in [-0.4, -0.2) is 35.7 Å². The molecule has 7 nitrogen and oxygen atoms in total. The number of halogens is 3. The SMILES string of the molecule is CC(C)c1ccc2c(c1)[C@]1(COC(N)=N1)[C@@H]1CC(NC(=O)c3ccc(C(F)(F)F)cn3)CC[C@H]1O2. The van der Waals surface area contributed by atoms with Crippen LogP contribution < -0.4 is 15.8 Å². The van der Waals surface area contributed by atoms with Crippen LogP contribution in [0, 0.1) is 5.92 Å². The zero-order valence-electron chi connectivity index (χ0n) is 19.4. The molecule has 1 aromatic carbocycles. The van der Waals surface area contributed by atoms with Crippen molar-refractivity contribution in [3.8, 4) is 5.75 Å². The Kier molecular flexibility index (Phi) is 5.64. The number of alkyl halides is 3. The van der Waals surface area contributed by atoms with Gasteiger partial charge in [-0.1, -0.05) is 19.9 Å². The van der Waals surface area contributed by atoms with Crippen LogP contribution in [0.1, 0.15) is 66.2 Å². The molecule has 0 saturated heterocycles. The lowest BCUT2D eigenvalue weighted by atomic mass is 9.67. The number of benzene rings is 1. The maximum atomic E-state index is 12.8. The van der Waals surface area contributed by atoms with Gasteiger partial charge in [-0.15, -0.1) is 0 Å². The maximum Gasteiger partial charge on any atom is 0.417 e. The van der Waals surface area contributed by atoms with Crippen molar-refractivity contribution in [3.05, 3.63) is 58.9 Å². The largest absolute Gasteiger partial charge is 0.490 e. The molecule has 1 aliphatic carbocycles. The summed E-state index contributed by atoms with van der Waals surface area (Å²) in [4.78, 5) is 21.2. The number of fused-ring (bicyclic) bond motifs is 4. The van der Waals surface area contributed by atoms with E-state index < -0.39 is 23.2 Å².